The predicted molar refractivity (Wildman–Crippen MR) is 255 cm³/mol. The molecule has 1 unspecified atom stereocenters. The van der Waals surface area contributed by atoms with Crippen molar-refractivity contribution in [3.8, 4) is 39.1 Å². The lowest BCUT2D eigenvalue weighted by molar-refractivity contribution is 0.655. The molecule has 0 spiro atoms. The van der Waals surface area contributed by atoms with Gasteiger partial charge in [-0.3, -0.25) is 4.57 Å². The minimum atomic E-state index is -0.427. The topological polar surface area (TPSA) is 120 Å². The summed E-state index contributed by atoms with van der Waals surface area (Å²) >= 11 is 0. The van der Waals surface area contributed by atoms with Crippen molar-refractivity contribution in [1.29, 1.82) is 0 Å². The Hall–Kier alpha value is -8.23. The molecule has 0 saturated carbocycles. The van der Waals surface area contributed by atoms with Gasteiger partial charge < -0.3 is 21.2 Å². The number of para-hydroxylation sites is 3. The fourth-order valence-electron chi connectivity index (χ4n) is 8.77. The maximum atomic E-state index is 7.00. The largest absolute Gasteiger partial charge is 0.456 e. The number of rotatable bonds is 8. The molecule has 10 aromatic rings. The van der Waals surface area contributed by atoms with Crippen molar-refractivity contribution in [2.24, 2.45) is 9.98 Å². The van der Waals surface area contributed by atoms with Gasteiger partial charge in [0.05, 0.1) is 11.0 Å². The van der Waals surface area contributed by atoms with Gasteiger partial charge in [0.1, 0.15) is 29.0 Å². The summed E-state index contributed by atoms with van der Waals surface area (Å²) in [4.78, 5) is 15.2. The zero-order chi connectivity index (χ0) is 41.7. The number of aliphatic imine (C=N–C) groups is 2. The van der Waals surface area contributed by atoms with Crippen molar-refractivity contribution >= 4 is 56.0 Å². The minimum Gasteiger partial charge on any atom is -0.456 e. The quantitative estimate of drug-likeness (QED) is 0.132. The summed E-state index contributed by atoms with van der Waals surface area (Å²) < 4.78 is 8.52. The highest BCUT2D eigenvalue weighted by Gasteiger charge is 2.25. The number of imidazole rings is 1. The van der Waals surface area contributed by atoms with Crippen LogP contribution in [0.3, 0.4) is 0 Å². The Kier molecular flexibility index (Phi) is 8.97. The Morgan fingerprint density at radius 3 is 1.98 bits per heavy atom. The Bertz CT molecular complexity index is 3400. The lowest BCUT2D eigenvalue weighted by Crippen LogP contribution is -2.34. The van der Waals surface area contributed by atoms with Crippen LogP contribution in [-0.2, 0) is 6.42 Å². The molecule has 0 fully saturated rings. The number of fused-ring (bicyclic) bond motifs is 4. The van der Waals surface area contributed by atoms with Gasteiger partial charge in [0.15, 0.2) is 5.84 Å². The SMILES string of the molecule is CCc1nc2ccccc2n1-c1ccc(-c2cc(N)c(-c3ccccc3-c3ccccc3C3=NC(c4ccccc4)=NC(c4ccc5c(c4)oc4ccccc45)N3)cc2N)cc1. The second-order valence-electron chi connectivity index (χ2n) is 15.6. The molecular weight excluding hydrogens is 763 g/mol. The summed E-state index contributed by atoms with van der Waals surface area (Å²) in [6.45, 7) is 2.13. The van der Waals surface area contributed by atoms with Crippen molar-refractivity contribution in [3.63, 3.8) is 0 Å². The van der Waals surface area contributed by atoms with Crippen molar-refractivity contribution < 1.29 is 4.42 Å². The molecule has 3 heterocycles. The first-order valence-corrected chi connectivity index (χ1v) is 20.9. The number of aryl methyl sites for hydroxylation is 1. The van der Waals surface area contributed by atoms with Crippen LogP contribution in [0.1, 0.15) is 35.6 Å². The van der Waals surface area contributed by atoms with Crippen LogP contribution in [0.5, 0.6) is 0 Å². The third-order valence-corrected chi connectivity index (χ3v) is 11.8. The number of benzene rings is 8. The lowest BCUT2D eigenvalue weighted by Gasteiger charge is -2.25. The van der Waals surface area contributed by atoms with Crippen LogP contribution < -0.4 is 16.8 Å². The van der Waals surface area contributed by atoms with Gasteiger partial charge >= 0.3 is 0 Å². The number of aromatic nitrogens is 2. The van der Waals surface area contributed by atoms with Crippen molar-refractivity contribution in [2.75, 3.05) is 11.5 Å². The number of furan rings is 1. The van der Waals surface area contributed by atoms with Crippen molar-refractivity contribution in [2.45, 2.75) is 19.5 Å². The van der Waals surface area contributed by atoms with Gasteiger partial charge in [-0.05, 0) is 70.8 Å². The van der Waals surface area contributed by atoms with Crippen LogP contribution >= 0.6 is 0 Å². The summed E-state index contributed by atoms with van der Waals surface area (Å²) in [6.07, 6.45) is 0.395. The molecule has 62 heavy (non-hydrogen) atoms. The van der Waals surface area contributed by atoms with Crippen LogP contribution in [0.4, 0.5) is 11.4 Å². The van der Waals surface area contributed by atoms with E-state index < -0.39 is 6.17 Å². The molecule has 2 aromatic heterocycles. The molecule has 0 aliphatic carbocycles. The third-order valence-electron chi connectivity index (χ3n) is 11.8. The highest BCUT2D eigenvalue weighted by atomic mass is 16.3. The Morgan fingerprint density at radius 2 is 1.19 bits per heavy atom. The second kappa shape index (κ2) is 15.1. The molecule has 8 aromatic carbocycles. The summed E-state index contributed by atoms with van der Waals surface area (Å²) in [5.41, 5.74) is 28.5. The Labute approximate surface area is 358 Å². The molecule has 0 radical (unpaired) electrons. The number of nitrogens with two attached hydrogens (primary N) is 2. The Morgan fingerprint density at radius 1 is 0.565 bits per heavy atom. The average Bonchev–Trinajstić information content (AvgIpc) is 3.90. The van der Waals surface area contributed by atoms with E-state index in [-0.39, 0.29) is 0 Å². The van der Waals surface area contributed by atoms with Gasteiger partial charge in [-0.1, -0.05) is 140 Å². The summed E-state index contributed by atoms with van der Waals surface area (Å²) in [7, 11) is 0. The third kappa shape index (κ3) is 6.37. The van der Waals surface area contributed by atoms with Gasteiger partial charge in [-0.25, -0.2) is 15.0 Å². The van der Waals surface area contributed by atoms with Gasteiger partial charge in [0.2, 0.25) is 0 Å². The van der Waals surface area contributed by atoms with E-state index in [0.29, 0.717) is 23.0 Å². The lowest BCUT2D eigenvalue weighted by atomic mass is 9.89. The van der Waals surface area contributed by atoms with Crippen molar-refractivity contribution in [3.05, 3.63) is 205 Å². The molecule has 1 atom stereocenters. The van der Waals surface area contributed by atoms with E-state index >= 15 is 0 Å². The normalized spacial score (nSPS) is 13.9. The molecule has 8 heteroatoms. The zero-order valence-electron chi connectivity index (χ0n) is 34.0. The molecule has 0 saturated heterocycles. The molecule has 0 bridgehead atoms. The monoisotopic (exact) mass is 803 g/mol. The highest BCUT2D eigenvalue weighted by molar-refractivity contribution is 6.16. The van der Waals surface area contributed by atoms with Crippen LogP contribution in [-0.4, -0.2) is 21.2 Å². The van der Waals surface area contributed by atoms with Crippen LogP contribution in [0.25, 0.3) is 72.0 Å². The molecule has 5 N–H and O–H groups in total. The maximum Gasteiger partial charge on any atom is 0.159 e. The second-order valence-corrected chi connectivity index (χ2v) is 15.6. The van der Waals surface area contributed by atoms with E-state index in [1.165, 1.54) is 0 Å². The predicted octanol–water partition coefficient (Wildman–Crippen LogP) is 12.1. The number of anilines is 2. The standard InChI is InChI=1S/C54H41N7O/c1-2-51-57-47-21-11-12-22-48(47)61(51)36-27-24-33(25-28-36)43-31-46(56)44(32-45(43)55)39-18-7-6-16-37(39)38-17-8-9-20-42(38)54-59-52(34-14-4-3-5-15-34)58-53(60-54)35-26-29-41-40-19-10-13-23-49(40)62-50(41)30-35/h3-32,53H,2,55-56H2,1H3,(H,58,59,60). The summed E-state index contributed by atoms with van der Waals surface area (Å²) in [5.74, 6) is 2.37. The molecule has 1 aliphatic rings. The van der Waals surface area contributed by atoms with E-state index in [1.807, 2.05) is 78.9 Å². The van der Waals surface area contributed by atoms with E-state index in [2.05, 4.69) is 120 Å². The Balaban J connectivity index is 0.960. The van der Waals surface area contributed by atoms with Crippen LogP contribution in [0, 0.1) is 0 Å². The number of nitrogens with zero attached hydrogens (tertiary/aromatic N) is 4. The number of nitrogens with one attached hydrogen (secondary N) is 1. The average molecular weight is 804 g/mol. The fraction of sp³-hybridized carbons (Fsp3) is 0.0556. The molecule has 11 rings (SSSR count). The number of hydrogen-bond donors (Lipinski definition) is 3. The van der Waals surface area contributed by atoms with Gasteiger partial charge in [-0.2, -0.15) is 0 Å². The number of nitrogen functional groups attached to an aromatic ring is 2. The van der Waals surface area contributed by atoms with Crippen LogP contribution in [0.15, 0.2) is 196 Å². The zero-order valence-corrected chi connectivity index (χ0v) is 34.0. The molecule has 0 amide bonds. The minimum absolute atomic E-state index is 0.427. The smallest absolute Gasteiger partial charge is 0.159 e. The number of amidine groups is 2. The molecular formula is C54H41N7O. The van der Waals surface area contributed by atoms with Gasteiger partial charge in [0.25, 0.3) is 0 Å². The number of hydrogen-bond acceptors (Lipinski definition) is 7. The van der Waals surface area contributed by atoms with E-state index in [1.54, 1.807) is 0 Å². The first-order chi connectivity index (χ1) is 30.5. The molecule has 1 aliphatic heterocycles. The summed E-state index contributed by atoms with van der Waals surface area (Å²) in [6, 6.07) is 61.9. The first kappa shape index (κ1) is 36.8. The molecule has 8 nitrogen and oxygen atoms in total. The first-order valence-electron chi connectivity index (χ1n) is 20.9. The fourth-order valence-corrected chi connectivity index (χ4v) is 8.77. The highest BCUT2D eigenvalue weighted by Crippen LogP contribution is 2.41. The summed E-state index contributed by atoms with van der Waals surface area (Å²) in [5, 5.41) is 5.86. The van der Waals surface area contributed by atoms with E-state index in [9.17, 15) is 0 Å². The van der Waals surface area contributed by atoms with Gasteiger partial charge in [-0.15, -0.1) is 0 Å². The van der Waals surface area contributed by atoms with E-state index in [4.69, 9.17) is 30.9 Å². The van der Waals surface area contributed by atoms with Crippen LogP contribution in [0.2, 0.25) is 0 Å². The maximum absolute atomic E-state index is 7.00. The van der Waals surface area contributed by atoms with Gasteiger partial charge in [0, 0.05) is 62.1 Å². The van der Waals surface area contributed by atoms with Crippen molar-refractivity contribution in [1.82, 2.24) is 14.9 Å². The molecule has 298 valence electrons. The van der Waals surface area contributed by atoms with E-state index in [0.717, 1.165) is 101 Å².